The highest BCUT2D eigenvalue weighted by Gasteiger charge is 2.36. The molecule has 2 amide bonds. The molecule has 0 spiro atoms. The summed E-state index contributed by atoms with van der Waals surface area (Å²) in [6.07, 6.45) is 3.83. The number of amides is 2. The summed E-state index contributed by atoms with van der Waals surface area (Å²) in [5.41, 5.74) is 5.01. The molecule has 27 heavy (non-hydrogen) atoms. The van der Waals surface area contributed by atoms with Crippen LogP contribution in [0.1, 0.15) is 38.7 Å². The predicted octanol–water partition coefficient (Wildman–Crippen LogP) is 1.81. The van der Waals surface area contributed by atoms with E-state index in [4.69, 9.17) is 5.73 Å². The van der Waals surface area contributed by atoms with Gasteiger partial charge in [-0.15, -0.1) is 0 Å². The van der Waals surface area contributed by atoms with Gasteiger partial charge in [0.2, 0.25) is 11.8 Å². The van der Waals surface area contributed by atoms with Gasteiger partial charge < -0.3 is 16.0 Å². The number of nitriles is 1. The number of carbonyl (C=O) groups excluding carboxylic acids is 2. The van der Waals surface area contributed by atoms with Gasteiger partial charge in [0.25, 0.3) is 0 Å². The third kappa shape index (κ3) is 6.07. The maximum Gasteiger partial charge on any atom is 0.225 e. The molecule has 1 aromatic rings. The summed E-state index contributed by atoms with van der Waals surface area (Å²) >= 11 is 0. The highest BCUT2D eigenvalue weighted by molar-refractivity contribution is 5.87. The Labute approximate surface area is 161 Å². The Morgan fingerprint density at radius 1 is 1.30 bits per heavy atom. The van der Waals surface area contributed by atoms with Crippen molar-refractivity contribution in [3.05, 3.63) is 42.3 Å². The van der Waals surface area contributed by atoms with Crippen molar-refractivity contribution in [3.8, 4) is 6.07 Å². The number of rotatable bonds is 8. The molecule has 0 atom stereocenters. The van der Waals surface area contributed by atoms with E-state index in [1.54, 1.807) is 13.8 Å². The fourth-order valence-electron chi connectivity index (χ4n) is 3.09. The Morgan fingerprint density at radius 2 is 1.93 bits per heavy atom. The third-order valence-electron chi connectivity index (χ3n) is 5.31. The second-order valence-corrected chi connectivity index (χ2v) is 7.92. The summed E-state index contributed by atoms with van der Waals surface area (Å²) < 4.78 is 0. The van der Waals surface area contributed by atoms with Gasteiger partial charge in [-0.2, -0.15) is 5.26 Å². The molecule has 1 aromatic carbocycles. The fraction of sp³-hybridized carbons (Fsp3) is 0.524. The zero-order valence-corrected chi connectivity index (χ0v) is 16.2. The van der Waals surface area contributed by atoms with Crippen LogP contribution in [0, 0.1) is 23.2 Å². The zero-order valence-electron chi connectivity index (χ0n) is 16.2. The van der Waals surface area contributed by atoms with E-state index in [1.807, 2.05) is 18.2 Å². The van der Waals surface area contributed by atoms with Crippen molar-refractivity contribution in [1.82, 2.24) is 10.2 Å². The van der Waals surface area contributed by atoms with Gasteiger partial charge >= 0.3 is 0 Å². The van der Waals surface area contributed by atoms with E-state index >= 15 is 0 Å². The van der Waals surface area contributed by atoms with Gasteiger partial charge in [-0.1, -0.05) is 44.2 Å². The Bertz CT molecular complexity index is 686. The lowest BCUT2D eigenvalue weighted by atomic mass is 9.85. The van der Waals surface area contributed by atoms with Crippen LogP contribution in [-0.2, 0) is 16.0 Å². The lowest BCUT2D eigenvalue weighted by Gasteiger charge is -2.38. The number of likely N-dealkylation sites (tertiary alicyclic amines) is 1. The molecule has 1 fully saturated rings. The van der Waals surface area contributed by atoms with E-state index in [2.05, 4.69) is 28.4 Å². The first-order valence-corrected chi connectivity index (χ1v) is 9.39. The standard InChI is InChI=1S/C21H29N4O2/c1-20(2,19(23)27)10-8-18(26)24-21(16-22)11-14-25(15-12-21)13-9-17-6-4-3-5-7-17/h3-8H,9-15H2,1-2H3,(H2,23,27)(H,24,26). The summed E-state index contributed by atoms with van der Waals surface area (Å²) in [5, 5.41) is 12.5. The van der Waals surface area contributed by atoms with Gasteiger partial charge in [-0.05, 0) is 31.2 Å². The molecular formula is C21H29N4O2. The maximum atomic E-state index is 12.3. The lowest BCUT2D eigenvalue weighted by molar-refractivity contribution is -0.126. The molecule has 0 bridgehead atoms. The van der Waals surface area contributed by atoms with E-state index in [9.17, 15) is 14.9 Å². The van der Waals surface area contributed by atoms with Crippen molar-refractivity contribution >= 4 is 11.8 Å². The fourth-order valence-corrected chi connectivity index (χ4v) is 3.09. The molecule has 6 heteroatoms. The smallest absolute Gasteiger partial charge is 0.225 e. The monoisotopic (exact) mass is 369 g/mol. The molecule has 1 saturated heterocycles. The van der Waals surface area contributed by atoms with Crippen LogP contribution in [0.4, 0.5) is 0 Å². The molecule has 1 radical (unpaired) electrons. The number of benzene rings is 1. The highest BCUT2D eigenvalue weighted by Crippen LogP contribution is 2.24. The molecule has 0 aliphatic carbocycles. The Morgan fingerprint density at radius 3 is 2.48 bits per heavy atom. The first-order valence-electron chi connectivity index (χ1n) is 9.39. The summed E-state index contributed by atoms with van der Waals surface area (Å²) in [4.78, 5) is 25.9. The topological polar surface area (TPSA) is 99.2 Å². The van der Waals surface area contributed by atoms with Crippen LogP contribution in [0.5, 0.6) is 0 Å². The Hall–Kier alpha value is -2.39. The first kappa shape index (κ1) is 20.9. The van der Waals surface area contributed by atoms with Crippen LogP contribution in [0.3, 0.4) is 0 Å². The van der Waals surface area contributed by atoms with Crippen molar-refractivity contribution in [2.45, 2.75) is 45.1 Å². The Balaban J connectivity index is 1.80. The average Bonchev–Trinajstić information content (AvgIpc) is 2.66. The lowest BCUT2D eigenvalue weighted by Crippen LogP contribution is -2.54. The number of hydrogen-bond acceptors (Lipinski definition) is 4. The van der Waals surface area contributed by atoms with E-state index in [0.717, 1.165) is 26.1 Å². The number of nitrogens with zero attached hydrogens (tertiary/aromatic N) is 2. The quantitative estimate of drug-likeness (QED) is 0.730. The van der Waals surface area contributed by atoms with Crippen molar-refractivity contribution in [1.29, 1.82) is 5.26 Å². The van der Waals surface area contributed by atoms with Gasteiger partial charge in [-0.25, -0.2) is 0 Å². The minimum Gasteiger partial charge on any atom is -0.369 e. The van der Waals surface area contributed by atoms with Crippen LogP contribution in [0.2, 0.25) is 0 Å². The van der Waals surface area contributed by atoms with Gasteiger partial charge in [0.1, 0.15) is 5.54 Å². The number of piperidine rings is 1. The Kier molecular flexibility index (Phi) is 6.98. The van der Waals surface area contributed by atoms with Crippen molar-refractivity contribution in [3.63, 3.8) is 0 Å². The molecule has 6 nitrogen and oxygen atoms in total. The van der Waals surface area contributed by atoms with Crippen molar-refractivity contribution < 1.29 is 9.59 Å². The number of carbonyl (C=O) groups is 2. The maximum absolute atomic E-state index is 12.3. The van der Waals surface area contributed by atoms with Crippen LogP contribution >= 0.6 is 0 Å². The van der Waals surface area contributed by atoms with E-state index in [-0.39, 0.29) is 12.3 Å². The normalized spacial score (nSPS) is 17.1. The number of nitrogens with two attached hydrogens (primary N) is 1. The SMILES string of the molecule is CC(C)(C[CH]C(=O)NC1(C#N)CCN(CCc2ccccc2)CC1)C(N)=O. The van der Waals surface area contributed by atoms with Gasteiger partial charge in [0.05, 0.1) is 12.5 Å². The minimum atomic E-state index is -0.840. The summed E-state index contributed by atoms with van der Waals surface area (Å²) in [6, 6.07) is 12.6. The second kappa shape index (κ2) is 9.01. The largest absolute Gasteiger partial charge is 0.369 e. The number of primary amides is 1. The van der Waals surface area contributed by atoms with Crippen molar-refractivity contribution in [2.24, 2.45) is 11.1 Å². The summed E-state index contributed by atoms with van der Waals surface area (Å²) in [5.74, 6) is -0.767. The van der Waals surface area contributed by atoms with E-state index in [0.29, 0.717) is 12.8 Å². The van der Waals surface area contributed by atoms with Gasteiger partial charge in [0, 0.05) is 25.0 Å². The molecule has 0 unspecified atom stereocenters. The van der Waals surface area contributed by atoms with Crippen LogP contribution < -0.4 is 11.1 Å². The molecule has 0 saturated carbocycles. The molecule has 3 N–H and O–H groups in total. The van der Waals surface area contributed by atoms with Crippen LogP contribution in [-0.4, -0.2) is 41.9 Å². The van der Waals surface area contributed by atoms with E-state index < -0.39 is 16.9 Å². The molecule has 2 rings (SSSR count). The van der Waals surface area contributed by atoms with Gasteiger partial charge in [-0.3, -0.25) is 9.59 Å². The predicted molar refractivity (Wildman–Crippen MR) is 104 cm³/mol. The summed E-state index contributed by atoms with van der Waals surface area (Å²) in [6.45, 7) is 5.88. The van der Waals surface area contributed by atoms with E-state index in [1.165, 1.54) is 12.0 Å². The van der Waals surface area contributed by atoms with Crippen molar-refractivity contribution in [2.75, 3.05) is 19.6 Å². The van der Waals surface area contributed by atoms with Crippen LogP contribution in [0.15, 0.2) is 30.3 Å². The van der Waals surface area contributed by atoms with Crippen LogP contribution in [0.25, 0.3) is 0 Å². The number of nitrogens with one attached hydrogen (secondary N) is 1. The number of hydrogen-bond donors (Lipinski definition) is 2. The first-order chi connectivity index (χ1) is 12.8. The minimum absolute atomic E-state index is 0.249. The molecule has 0 aromatic heterocycles. The molecule has 1 aliphatic rings. The highest BCUT2D eigenvalue weighted by atomic mass is 16.2. The molecule has 1 heterocycles. The molecule has 1 aliphatic heterocycles. The molecule has 145 valence electrons. The molecular weight excluding hydrogens is 340 g/mol. The third-order valence-corrected chi connectivity index (χ3v) is 5.31. The zero-order chi connectivity index (χ0) is 19.9. The summed E-state index contributed by atoms with van der Waals surface area (Å²) in [7, 11) is 0. The average molecular weight is 369 g/mol. The van der Waals surface area contributed by atoms with Gasteiger partial charge in [0.15, 0.2) is 0 Å². The second-order valence-electron chi connectivity index (χ2n) is 7.92.